The molecule has 3 rings (SSSR count). The van der Waals surface area contributed by atoms with Gasteiger partial charge in [0, 0.05) is 5.02 Å². The lowest BCUT2D eigenvalue weighted by molar-refractivity contribution is 0.236. The lowest BCUT2D eigenvalue weighted by Crippen LogP contribution is -2.37. The Hall–Kier alpha value is -2.01. The molecule has 6 heteroatoms. The third kappa shape index (κ3) is 3.25. The zero-order valence-corrected chi connectivity index (χ0v) is 13.2. The van der Waals surface area contributed by atoms with Crippen LogP contribution in [-0.2, 0) is 19.4 Å². The minimum atomic E-state index is -0.166. The van der Waals surface area contributed by atoms with Crippen molar-refractivity contribution in [3.8, 4) is 0 Å². The standard InChI is InChI=1S/C16H19ClN4O/c1-2-12-8-13(21-20-12)9-18-16(22)19-15-6-3-10-7-11(17)4-5-14(10)15/h4-5,7-8,15H,2-3,6,9H2,1H3,(H,20,21)(H2,18,19,22)/t15-/m0/s1. The SMILES string of the molecule is CCc1cc(CNC(=O)N[C@H]2CCc3cc(Cl)ccc32)[nH]n1. The van der Waals surface area contributed by atoms with Gasteiger partial charge in [0.1, 0.15) is 0 Å². The van der Waals surface area contributed by atoms with E-state index in [1.54, 1.807) is 0 Å². The molecule has 1 aromatic heterocycles. The minimum absolute atomic E-state index is 0.0558. The van der Waals surface area contributed by atoms with E-state index in [-0.39, 0.29) is 12.1 Å². The molecule has 1 heterocycles. The average molecular weight is 319 g/mol. The lowest BCUT2D eigenvalue weighted by atomic mass is 10.1. The van der Waals surface area contributed by atoms with Crippen LogP contribution in [0.2, 0.25) is 5.02 Å². The first kappa shape index (κ1) is 14.9. The van der Waals surface area contributed by atoms with Crippen molar-refractivity contribution in [1.29, 1.82) is 0 Å². The van der Waals surface area contributed by atoms with E-state index in [0.717, 1.165) is 41.2 Å². The van der Waals surface area contributed by atoms with E-state index in [0.29, 0.717) is 6.54 Å². The van der Waals surface area contributed by atoms with Gasteiger partial charge in [0.2, 0.25) is 0 Å². The van der Waals surface area contributed by atoms with E-state index in [1.165, 1.54) is 5.56 Å². The van der Waals surface area contributed by atoms with Gasteiger partial charge in [-0.05, 0) is 48.6 Å². The van der Waals surface area contributed by atoms with Crippen LogP contribution in [0.5, 0.6) is 0 Å². The second-order valence-electron chi connectivity index (χ2n) is 5.50. The van der Waals surface area contributed by atoms with E-state index in [1.807, 2.05) is 31.2 Å². The van der Waals surface area contributed by atoms with Crippen LogP contribution < -0.4 is 10.6 Å². The molecule has 1 aliphatic rings. The average Bonchev–Trinajstić information content (AvgIpc) is 3.12. The molecule has 0 saturated carbocycles. The first-order chi connectivity index (χ1) is 10.7. The number of hydrogen-bond donors (Lipinski definition) is 3. The molecular formula is C16H19ClN4O. The predicted octanol–water partition coefficient (Wildman–Crippen LogP) is 3.11. The maximum atomic E-state index is 12.0. The van der Waals surface area contributed by atoms with Crippen molar-refractivity contribution in [2.45, 2.75) is 38.8 Å². The van der Waals surface area contributed by atoms with Crippen molar-refractivity contribution < 1.29 is 4.79 Å². The van der Waals surface area contributed by atoms with Crippen LogP contribution in [0, 0.1) is 0 Å². The number of carbonyl (C=O) groups is 1. The van der Waals surface area contributed by atoms with Crippen LogP contribution in [0.25, 0.3) is 0 Å². The molecule has 2 aromatic rings. The van der Waals surface area contributed by atoms with E-state index in [4.69, 9.17) is 11.6 Å². The summed E-state index contributed by atoms with van der Waals surface area (Å²) in [6.07, 6.45) is 2.73. The van der Waals surface area contributed by atoms with Gasteiger partial charge in [-0.15, -0.1) is 0 Å². The molecule has 1 atom stereocenters. The monoisotopic (exact) mass is 318 g/mol. The van der Waals surface area contributed by atoms with Gasteiger partial charge in [0.25, 0.3) is 0 Å². The number of H-pyrrole nitrogens is 1. The molecule has 0 fully saturated rings. The van der Waals surface area contributed by atoms with E-state index >= 15 is 0 Å². The quantitative estimate of drug-likeness (QED) is 0.810. The second kappa shape index (κ2) is 6.40. The highest BCUT2D eigenvalue weighted by atomic mass is 35.5. The fraction of sp³-hybridized carbons (Fsp3) is 0.375. The predicted molar refractivity (Wildman–Crippen MR) is 85.9 cm³/mol. The summed E-state index contributed by atoms with van der Waals surface area (Å²) >= 11 is 6.00. The van der Waals surface area contributed by atoms with Gasteiger partial charge in [-0.25, -0.2) is 4.79 Å². The highest BCUT2D eigenvalue weighted by Crippen LogP contribution is 2.32. The summed E-state index contributed by atoms with van der Waals surface area (Å²) in [5, 5.41) is 13.7. The highest BCUT2D eigenvalue weighted by Gasteiger charge is 2.23. The minimum Gasteiger partial charge on any atom is -0.333 e. The lowest BCUT2D eigenvalue weighted by Gasteiger charge is -2.14. The second-order valence-corrected chi connectivity index (χ2v) is 5.94. The zero-order valence-electron chi connectivity index (χ0n) is 12.4. The van der Waals surface area contributed by atoms with Crippen LogP contribution in [0.3, 0.4) is 0 Å². The number of halogens is 1. The van der Waals surface area contributed by atoms with Gasteiger partial charge >= 0.3 is 6.03 Å². The summed E-state index contributed by atoms with van der Waals surface area (Å²) in [5.74, 6) is 0. The van der Waals surface area contributed by atoms with E-state index < -0.39 is 0 Å². The van der Waals surface area contributed by atoms with Gasteiger partial charge in [-0.1, -0.05) is 24.6 Å². The molecule has 5 nitrogen and oxygen atoms in total. The van der Waals surface area contributed by atoms with Gasteiger partial charge in [-0.2, -0.15) is 5.10 Å². The maximum Gasteiger partial charge on any atom is 0.315 e. The number of aryl methyl sites for hydroxylation is 2. The number of amides is 2. The number of rotatable bonds is 4. The molecule has 22 heavy (non-hydrogen) atoms. The Morgan fingerprint density at radius 3 is 3.09 bits per heavy atom. The topological polar surface area (TPSA) is 69.8 Å². The Morgan fingerprint density at radius 1 is 1.45 bits per heavy atom. The number of aromatic amines is 1. The first-order valence-corrected chi connectivity index (χ1v) is 7.89. The summed E-state index contributed by atoms with van der Waals surface area (Å²) in [7, 11) is 0. The van der Waals surface area contributed by atoms with Crippen molar-refractivity contribution in [2.24, 2.45) is 0 Å². The van der Waals surface area contributed by atoms with Gasteiger partial charge in [-0.3, -0.25) is 5.10 Å². The van der Waals surface area contributed by atoms with E-state index in [2.05, 4.69) is 20.8 Å². The van der Waals surface area contributed by atoms with Crippen LogP contribution in [0.15, 0.2) is 24.3 Å². The molecule has 0 bridgehead atoms. The maximum absolute atomic E-state index is 12.0. The van der Waals surface area contributed by atoms with Crippen molar-refractivity contribution in [3.05, 3.63) is 51.8 Å². The number of aromatic nitrogens is 2. The molecule has 0 radical (unpaired) electrons. The summed E-state index contributed by atoms with van der Waals surface area (Å²) in [6, 6.07) is 7.70. The molecule has 0 unspecified atom stereocenters. The summed E-state index contributed by atoms with van der Waals surface area (Å²) in [4.78, 5) is 12.0. The van der Waals surface area contributed by atoms with Gasteiger partial charge in [0.05, 0.1) is 24.0 Å². The van der Waals surface area contributed by atoms with E-state index in [9.17, 15) is 4.79 Å². The van der Waals surface area contributed by atoms with Crippen molar-refractivity contribution in [1.82, 2.24) is 20.8 Å². The smallest absolute Gasteiger partial charge is 0.315 e. The van der Waals surface area contributed by atoms with Gasteiger partial charge in [0.15, 0.2) is 0 Å². The molecule has 3 N–H and O–H groups in total. The summed E-state index contributed by atoms with van der Waals surface area (Å²) < 4.78 is 0. The number of carbonyl (C=O) groups excluding carboxylic acids is 1. The fourth-order valence-corrected chi connectivity index (χ4v) is 3.00. The van der Waals surface area contributed by atoms with Crippen molar-refractivity contribution in [2.75, 3.05) is 0 Å². The molecule has 0 aliphatic heterocycles. The van der Waals surface area contributed by atoms with Crippen LogP contribution in [0.4, 0.5) is 4.79 Å². The first-order valence-electron chi connectivity index (χ1n) is 7.51. The molecule has 1 aliphatic carbocycles. The highest BCUT2D eigenvalue weighted by molar-refractivity contribution is 6.30. The Bertz CT molecular complexity index is 683. The molecular weight excluding hydrogens is 300 g/mol. The van der Waals surface area contributed by atoms with Crippen molar-refractivity contribution >= 4 is 17.6 Å². The largest absolute Gasteiger partial charge is 0.333 e. The number of benzene rings is 1. The Balaban J connectivity index is 1.55. The molecule has 0 saturated heterocycles. The molecule has 1 aromatic carbocycles. The summed E-state index contributed by atoms with van der Waals surface area (Å²) in [6.45, 7) is 2.49. The van der Waals surface area contributed by atoms with Crippen LogP contribution in [0.1, 0.15) is 41.9 Å². The van der Waals surface area contributed by atoms with Crippen LogP contribution in [-0.4, -0.2) is 16.2 Å². The summed E-state index contributed by atoms with van der Waals surface area (Å²) in [5.41, 5.74) is 4.29. The molecule has 0 spiro atoms. The fourth-order valence-electron chi connectivity index (χ4n) is 2.80. The third-order valence-corrected chi connectivity index (χ3v) is 4.21. The molecule has 116 valence electrons. The Kier molecular flexibility index (Phi) is 4.34. The number of fused-ring (bicyclic) bond motifs is 1. The number of nitrogens with zero attached hydrogens (tertiary/aromatic N) is 1. The number of hydrogen-bond acceptors (Lipinski definition) is 2. The Labute approximate surface area is 134 Å². The van der Waals surface area contributed by atoms with Crippen LogP contribution >= 0.6 is 11.6 Å². The zero-order chi connectivity index (χ0) is 15.5. The third-order valence-electron chi connectivity index (χ3n) is 3.97. The number of urea groups is 1. The normalized spacial score (nSPS) is 16.4. The van der Waals surface area contributed by atoms with Gasteiger partial charge < -0.3 is 10.6 Å². The Morgan fingerprint density at radius 2 is 2.32 bits per heavy atom. The van der Waals surface area contributed by atoms with Crippen molar-refractivity contribution in [3.63, 3.8) is 0 Å². The molecule has 2 amide bonds. The number of nitrogens with one attached hydrogen (secondary N) is 3.